The molecule has 0 bridgehead atoms. The van der Waals surface area contributed by atoms with E-state index in [1.165, 1.54) is 132 Å². The van der Waals surface area contributed by atoms with E-state index in [1.54, 1.807) is 0 Å². The largest absolute Gasteiger partial charge is 0.462 e. The Labute approximate surface area is 391 Å². The lowest BCUT2D eigenvalue weighted by atomic mass is 10.0. The van der Waals surface area contributed by atoms with E-state index in [0.29, 0.717) is 6.42 Å². The van der Waals surface area contributed by atoms with Crippen LogP contribution in [0.3, 0.4) is 0 Å². The molecule has 5 heteroatoms. The van der Waals surface area contributed by atoms with Crippen molar-refractivity contribution in [3.63, 3.8) is 0 Å². The van der Waals surface area contributed by atoms with Gasteiger partial charge in [0.25, 0.3) is 8.32 Å². The van der Waals surface area contributed by atoms with Gasteiger partial charge in [-0.05, 0) is 126 Å². The van der Waals surface area contributed by atoms with Gasteiger partial charge in [0.15, 0.2) is 0 Å². The molecule has 2 aromatic rings. The Bertz CT molecular complexity index is 1410. The van der Waals surface area contributed by atoms with Crippen molar-refractivity contribution in [2.75, 3.05) is 20.6 Å². The van der Waals surface area contributed by atoms with Gasteiger partial charge in [0.05, 0.1) is 0 Å². The zero-order chi connectivity index (χ0) is 45.7. The van der Waals surface area contributed by atoms with Gasteiger partial charge in [-0.2, -0.15) is 0 Å². The number of rotatable bonds is 39. The van der Waals surface area contributed by atoms with Crippen LogP contribution in [0, 0.1) is 0 Å². The van der Waals surface area contributed by atoms with Crippen LogP contribution in [0.1, 0.15) is 214 Å². The van der Waals surface area contributed by atoms with Crippen molar-refractivity contribution in [1.29, 1.82) is 0 Å². The third kappa shape index (κ3) is 26.1. The van der Waals surface area contributed by atoms with Crippen molar-refractivity contribution in [3.8, 4) is 0 Å². The number of unbranched alkanes of at least 4 members (excludes halogenated alkanes) is 17. The summed E-state index contributed by atoms with van der Waals surface area (Å²) in [5.41, 5.74) is 0. The molecule has 0 radical (unpaired) electrons. The van der Waals surface area contributed by atoms with E-state index in [-0.39, 0.29) is 23.2 Å². The summed E-state index contributed by atoms with van der Waals surface area (Å²) in [7, 11) is 1.55. The second-order valence-corrected chi connectivity index (χ2v) is 23.9. The fourth-order valence-corrected chi connectivity index (χ4v) is 13.6. The Morgan fingerprint density at radius 1 is 0.556 bits per heavy atom. The topological polar surface area (TPSA) is 38.8 Å². The minimum absolute atomic E-state index is 0.00298. The zero-order valence-electron chi connectivity index (χ0n) is 42.1. The molecule has 4 nitrogen and oxygen atoms in total. The van der Waals surface area contributed by atoms with E-state index in [2.05, 4.69) is 151 Å². The number of hydrogen-bond acceptors (Lipinski definition) is 4. The molecule has 0 saturated heterocycles. The van der Waals surface area contributed by atoms with Gasteiger partial charge in [-0.15, -0.1) is 0 Å². The molecule has 0 aromatic heterocycles. The monoisotopic (exact) mass is 884 g/mol. The van der Waals surface area contributed by atoms with Crippen molar-refractivity contribution in [3.05, 3.63) is 97.1 Å². The third-order valence-electron chi connectivity index (χ3n) is 12.6. The average molecular weight is 885 g/mol. The Kier molecular flexibility index (Phi) is 32.7. The number of ether oxygens (including phenoxy) is 1. The van der Waals surface area contributed by atoms with E-state index in [0.717, 1.165) is 57.9 Å². The molecule has 356 valence electrons. The second kappa shape index (κ2) is 36.5. The molecule has 2 rings (SSSR count). The number of esters is 1. The smallest absolute Gasteiger partial charge is 0.306 e. The molecule has 1 unspecified atom stereocenters. The van der Waals surface area contributed by atoms with Gasteiger partial charge in [0.2, 0.25) is 0 Å². The van der Waals surface area contributed by atoms with Crippen LogP contribution in [-0.2, 0) is 14.0 Å². The maximum Gasteiger partial charge on any atom is 0.306 e. The summed E-state index contributed by atoms with van der Waals surface area (Å²) < 4.78 is 13.7. The van der Waals surface area contributed by atoms with E-state index >= 15 is 0 Å². The van der Waals surface area contributed by atoms with Gasteiger partial charge >= 0.3 is 5.97 Å². The number of benzene rings is 2. The standard InChI is InChI=1S/C58H97NO3Si/c1-8-10-12-13-14-15-16-17-18-19-20-21-23-26-29-35-43-53(61-57(60)51-42-52-59(6)7)44-36-30-27-24-22-25-28-31-37-46-54(45-34-11-9-2)62-63(58(3,4)5,55-47-38-32-39-48-55)56-49-40-33-41-50-56/h14-15,17-18,31-33,37-41,47-50,53-54H,8-13,16,19-30,34-36,42-46,51-52H2,1-7H3/b15-14-,18-17-,37-31-/t53?,54-/m1/s1. The van der Waals surface area contributed by atoms with Crippen LogP contribution in [-0.4, -0.2) is 52.0 Å². The number of hydrogen-bond donors (Lipinski definition) is 0. The molecule has 0 spiro atoms. The maximum absolute atomic E-state index is 12.7. The van der Waals surface area contributed by atoms with Crippen molar-refractivity contribution >= 4 is 24.7 Å². The Morgan fingerprint density at radius 3 is 1.48 bits per heavy atom. The lowest BCUT2D eigenvalue weighted by molar-refractivity contribution is -0.150. The SMILES string of the molecule is CCCCC/C=C\C/C=C\CCCCCCCCC(CCCCCCCC/C=C\C[C@@H](CCCCC)O[Si](c1ccccc1)(c1ccccc1)C(C)(C)C)OC(=O)CCCN(C)C. The van der Waals surface area contributed by atoms with Crippen LogP contribution >= 0.6 is 0 Å². The van der Waals surface area contributed by atoms with Crippen molar-refractivity contribution in [1.82, 2.24) is 4.90 Å². The minimum Gasteiger partial charge on any atom is -0.462 e. The van der Waals surface area contributed by atoms with E-state index in [9.17, 15) is 4.79 Å². The first kappa shape index (κ1) is 56.4. The highest BCUT2D eigenvalue weighted by atomic mass is 28.4. The lowest BCUT2D eigenvalue weighted by Crippen LogP contribution is -2.67. The molecular formula is C58H97NO3Si. The van der Waals surface area contributed by atoms with Crippen LogP contribution in [0.4, 0.5) is 0 Å². The van der Waals surface area contributed by atoms with Crippen LogP contribution in [0.15, 0.2) is 97.1 Å². The molecule has 0 fully saturated rings. The van der Waals surface area contributed by atoms with Crippen LogP contribution in [0.5, 0.6) is 0 Å². The minimum atomic E-state index is -2.58. The van der Waals surface area contributed by atoms with Gasteiger partial charge in [0, 0.05) is 12.5 Å². The molecule has 0 N–H and O–H groups in total. The van der Waals surface area contributed by atoms with Gasteiger partial charge < -0.3 is 14.1 Å². The summed E-state index contributed by atoms with van der Waals surface area (Å²) in [6, 6.07) is 22.2. The summed E-state index contributed by atoms with van der Waals surface area (Å²) in [5, 5.41) is 2.72. The highest BCUT2D eigenvalue weighted by Crippen LogP contribution is 2.38. The van der Waals surface area contributed by atoms with Crippen LogP contribution < -0.4 is 10.4 Å². The molecule has 0 aliphatic rings. The normalized spacial score (nSPS) is 13.5. The number of carbonyl (C=O) groups excluding carboxylic acids is 1. The Hall–Kier alpha value is -2.73. The van der Waals surface area contributed by atoms with Crippen LogP contribution in [0.25, 0.3) is 0 Å². The highest BCUT2D eigenvalue weighted by Gasteiger charge is 2.51. The third-order valence-corrected chi connectivity index (χ3v) is 17.7. The zero-order valence-corrected chi connectivity index (χ0v) is 43.1. The molecule has 0 aliphatic heterocycles. The number of nitrogens with zero attached hydrogens (tertiary/aromatic N) is 1. The molecule has 0 aliphatic carbocycles. The summed E-state index contributed by atoms with van der Waals surface area (Å²) in [5.74, 6) is -0.00298. The first-order valence-electron chi connectivity index (χ1n) is 26.2. The van der Waals surface area contributed by atoms with Gasteiger partial charge in [-0.1, -0.05) is 215 Å². The van der Waals surface area contributed by atoms with Crippen LogP contribution in [0.2, 0.25) is 5.04 Å². The number of carbonyl (C=O) groups is 1. The van der Waals surface area contributed by atoms with Gasteiger partial charge in [-0.25, -0.2) is 0 Å². The summed E-state index contributed by atoms with van der Waals surface area (Å²) in [6.07, 6.45) is 47.4. The molecule has 0 heterocycles. The highest BCUT2D eigenvalue weighted by molar-refractivity contribution is 6.99. The molecular weight excluding hydrogens is 787 g/mol. The fourth-order valence-electron chi connectivity index (χ4n) is 8.90. The fraction of sp³-hybridized carbons (Fsp3) is 0.672. The van der Waals surface area contributed by atoms with E-state index in [4.69, 9.17) is 9.16 Å². The Balaban J connectivity index is 1.75. The summed E-state index contributed by atoms with van der Waals surface area (Å²) >= 11 is 0. The first-order valence-corrected chi connectivity index (χ1v) is 28.1. The molecule has 63 heavy (non-hydrogen) atoms. The molecule has 0 amide bonds. The summed E-state index contributed by atoms with van der Waals surface area (Å²) in [4.78, 5) is 14.9. The van der Waals surface area contributed by atoms with Gasteiger partial charge in [-0.3, -0.25) is 4.79 Å². The van der Waals surface area contributed by atoms with E-state index < -0.39 is 8.32 Å². The van der Waals surface area contributed by atoms with Crippen molar-refractivity contribution in [2.24, 2.45) is 0 Å². The molecule has 2 atom stereocenters. The average Bonchev–Trinajstić information content (AvgIpc) is 3.26. The molecule has 2 aromatic carbocycles. The van der Waals surface area contributed by atoms with Crippen molar-refractivity contribution in [2.45, 2.75) is 232 Å². The maximum atomic E-state index is 12.7. The lowest BCUT2D eigenvalue weighted by Gasteiger charge is -2.45. The predicted octanol–water partition coefficient (Wildman–Crippen LogP) is 16.0. The van der Waals surface area contributed by atoms with Crippen molar-refractivity contribution < 1.29 is 14.0 Å². The predicted molar refractivity (Wildman–Crippen MR) is 279 cm³/mol. The summed E-state index contributed by atoms with van der Waals surface area (Å²) in [6.45, 7) is 12.7. The molecule has 0 saturated carbocycles. The Morgan fingerprint density at radius 2 is 0.984 bits per heavy atom. The number of allylic oxidation sites excluding steroid dienone is 5. The second-order valence-electron chi connectivity index (χ2n) is 19.7. The van der Waals surface area contributed by atoms with Gasteiger partial charge in [0.1, 0.15) is 6.10 Å². The van der Waals surface area contributed by atoms with E-state index in [1.807, 2.05) is 0 Å². The first-order chi connectivity index (χ1) is 30.6. The quantitative estimate of drug-likeness (QED) is 0.0290.